The van der Waals surface area contributed by atoms with E-state index >= 15 is 0 Å². The van der Waals surface area contributed by atoms with Gasteiger partial charge in [0, 0.05) is 21.1 Å². The van der Waals surface area contributed by atoms with Crippen LogP contribution in [0.15, 0.2) is 106 Å². The molecule has 1 aliphatic rings. The molecule has 0 saturated carbocycles. The molecule has 0 nitrogen and oxygen atoms in total. The third-order valence-electron chi connectivity index (χ3n) is 4.23. The van der Waals surface area contributed by atoms with Gasteiger partial charge in [-0.15, -0.1) is 0 Å². The van der Waals surface area contributed by atoms with Crippen LogP contribution in [0.25, 0.3) is 4.91 Å². The molecule has 3 heteroatoms. The van der Waals surface area contributed by atoms with Crippen molar-refractivity contribution >= 4 is 45.5 Å². The molecule has 4 rings (SSSR count). The Labute approximate surface area is 174 Å². The first-order valence-electron chi connectivity index (χ1n) is 8.79. The van der Waals surface area contributed by atoms with Gasteiger partial charge in [-0.3, -0.25) is 0 Å². The number of thioether (sulfide) groups is 2. The Morgan fingerprint density at radius 1 is 0.741 bits per heavy atom. The molecular formula is C24H18S3. The SMILES string of the molecule is S=C(/C=C1/SC(Cc2ccccc2)=C(c2ccccc2)S1)c1ccccc1. The number of benzene rings is 3. The van der Waals surface area contributed by atoms with Crippen LogP contribution in [0.3, 0.4) is 0 Å². The van der Waals surface area contributed by atoms with Crippen LogP contribution in [-0.2, 0) is 6.42 Å². The molecule has 0 atom stereocenters. The first kappa shape index (κ1) is 18.3. The van der Waals surface area contributed by atoms with Crippen molar-refractivity contribution in [1.82, 2.24) is 0 Å². The molecule has 0 N–H and O–H groups in total. The maximum absolute atomic E-state index is 5.66. The average Bonchev–Trinajstić information content (AvgIpc) is 3.12. The number of thiocarbonyl (C=S) groups is 1. The van der Waals surface area contributed by atoms with Gasteiger partial charge in [0.05, 0.1) is 4.24 Å². The highest BCUT2D eigenvalue weighted by Crippen LogP contribution is 2.54. The van der Waals surface area contributed by atoms with Crippen molar-refractivity contribution in [3.63, 3.8) is 0 Å². The summed E-state index contributed by atoms with van der Waals surface area (Å²) in [5.41, 5.74) is 3.70. The Morgan fingerprint density at radius 3 is 2.00 bits per heavy atom. The summed E-state index contributed by atoms with van der Waals surface area (Å²) in [7, 11) is 0. The standard InChI is InChI=1S/C24H18S3/c25-21(19-12-6-2-7-13-19)17-23-26-22(16-18-10-4-1-5-11-18)24(27-23)20-14-8-3-9-15-20/h1-15,17H,16H2/b23-17-. The maximum Gasteiger partial charge on any atom is 0.0511 e. The predicted octanol–water partition coefficient (Wildman–Crippen LogP) is 7.34. The van der Waals surface area contributed by atoms with Gasteiger partial charge in [0.15, 0.2) is 0 Å². The number of hydrogen-bond acceptors (Lipinski definition) is 3. The van der Waals surface area contributed by atoms with Gasteiger partial charge >= 0.3 is 0 Å². The van der Waals surface area contributed by atoms with Gasteiger partial charge in [-0.25, -0.2) is 0 Å². The molecule has 1 aliphatic heterocycles. The number of allylic oxidation sites excluding steroid dienone is 2. The summed E-state index contributed by atoms with van der Waals surface area (Å²) >= 11 is 9.34. The van der Waals surface area contributed by atoms with Gasteiger partial charge in [-0.1, -0.05) is 127 Å². The number of hydrogen-bond donors (Lipinski definition) is 0. The van der Waals surface area contributed by atoms with E-state index in [1.54, 1.807) is 0 Å². The molecule has 132 valence electrons. The van der Waals surface area contributed by atoms with Gasteiger partial charge in [0.2, 0.25) is 0 Å². The molecule has 1 heterocycles. The summed E-state index contributed by atoms with van der Waals surface area (Å²) in [5.74, 6) is 0. The monoisotopic (exact) mass is 402 g/mol. The van der Waals surface area contributed by atoms with Crippen LogP contribution in [-0.4, -0.2) is 4.86 Å². The highest BCUT2D eigenvalue weighted by atomic mass is 32.2. The molecule has 0 radical (unpaired) electrons. The number of rotatable bonds is 5. The maximum atomic E-state index is 5.66. The Hall–Kier alpha value is -2.07. The highest BCUT2D eigenvalue weighted by Gasteiger charge is 2.22. The van der Waals surface area contributed by atoms with E-state index in [0.29, 0.717) is 0 Å². The van der Waals surface area contributed by atoms with Crippen molar-refractivity contribution in [2.75, 3.05) is 0 Å². The third-order valence-corrected chi connectivity index (χ3v) is 7.13. The first-order chi connectivity index (χ1) is 13.3. The summed E-state index contributed by atoms with van der Waals surface area (Å²) in [6.07, 6.45) is 3.08. The quantitative estimate of drug-likeness (QED) is 0.249. The van der Waals surface area contributed by atoms with Crippen molar-refractivity contribution < 1.29 is 0 Å². The Morgan fingerprint density at radius 2 is 1.33 bits per heavy atom. The summed E-state index contributed by atoms with van der Waals surface area (Å²) in [4.78, 5) is 3.62. The molecule has 0 aromatic heterocycles. The second kappa shape index (κ2) is 8.75. The van der Waals surface area contributed by atoms with E-state index in [2.05, 4.69) is 78.9 Å². The minimum Gasteiger partial charge on any atom is -0.0856 e. The van der Waals surface area contributed by atoms with Crippen molar-refractivity contribution in [3.05, 3.63) is 123 Å². The molecule has 0 spiro atoms. The lowest BCUT2D eigenvalue weighted by Gasteiger charge is -2.05. The van der Waals surface area contributed by atoms with Crippen LogP contribution in [0.2, 0.25) is 0 Å². The second-order valence-electron chi connectivity index (χ2n) is 6.18. The smallest absolute Gasteiger partial charge is 0.0511 e. The van der Waals surface area contributed by atoms with E-state index in [1.165, 1.54) is 25.2 Å². The fraction of sp³-hybridized carbons (Fsp3) is 0.0417. The normalized spacial score (nSPS) is 15.3. The van der Waals surface area contributed by atoms with Crippen LogP contribution >= 0.6 is 35.7 Å². The van der Waals surface area contributed by atoms with Gasteiger partial charge in [-0.2, -0.15) is 0 Å². The van der Waals surface area contributed by atoms with E-state index in [1.807, 2.05) is 41.7 Å². The fourth-order valence-corrected chi connectivity index (χ4v) is 5.96. The summed E-state index contributed by atoms with van der Waals surface area (Å²) < 4.78 is 1.24. The van der Waals surface area contributed by atoms with E-state index in [0.717, 1.165) is 16.8 Å². The minimum atomic E-state index is 0.888. The zero-order valence-electron chi connectivity index (χ0n) is 14.7. The van der Waals surface area contributed by atoms with Crippen molar-refractivity contribution in [2.24, 2.45) is 0 Å². The molecule has 0 aliphatic carbocycles. The average molecular weight is 403 g/mol. The van der Waals surface area contributed by atoms with Crippen LogP contribution in [0.5, 0.6) is 0 Å². The molecule has 0 bridgehead atoms. The van der Waals surface area contributed by atoms with E-state index in [-0.39, 0.29) is 0 Å². The molecule has 0 fully saturated rings. The zero-order chi connectivity index (χ0) is 18.5. The lowest BCUT2D eigenvalue weighted by atomic mass is 10.1. The molecule has 0 unspecified atom stereocenters. The van der Waals surface area contributed by atoms with E-state index in [9.17, 15) is 0 Å². The topological polar surface area (TPSA) is 0 Å². The highest BCUT2D eigenvalue weighted by molar-refractivity contribution is 8.31. The second-order valence-corrected chi connectivity index (χ2v) is 9.07. The lowest BCUT2D eigenvalue weighted by Crippen LogP contribution is -1.91. The van der Waals surface area contributed by atoms with Crippen LogP contribution in [0, 0.1) is 0 Å². The molecule has 0 saturated heterocycles. The minimum absolute atomic E-state index is 0.888. The molecule has 3 aromatic rings. The van der Waals surface area contributed by atoms with Gasteiger partial charge in [0.1, 0.15) is 0 Å². The first-order valence-corrected chi connectivity index (χ1v) is 10.8. The molecule has 3 aromatic carbocycles. The summed E-state index contributed by atoms with van der Waals surface area (Å²) in [6.45, 7) is 0. The van der Waals surface area contributed by atoms with Crippen molar-refractivity contribution in [1.29, 1.82) is 0 Å². The molecule has 27 heavy (non-hydrogen) atoms. The van der Waals surface area contributed by atoms with Crippen LogP contribution < -0.4 is 0 Å². The Balaban J connectivity index is 1.63. The summed E-state index contributed by atoms with van der Waals surface area (Å²) in [6, 6.07) is 31.5. The largest absolute Gasteiger partial charge is 0.0856 e. The van der Waals surface area contributed by atoms with E-state index in [4.69, 9.17) is 12.2 Å². The van der Waals surface area contributed by atoms with Gasteiger partial charge in [0.25, 0.3) is 0 Å². The van der Waals surface area contributed by atoms with Crippen molar-refractivity contribution in [3.8, 4) is 0 Å². The Kier molecular flexibility index (Phi) is 5.93. The van der Waals surface area contributed by atoms with Crippen LogP contribution in [0.4, 0.5) is 0 Å². The van der Waals surface area contributed by atoms with Crippen molar-refractivity contribution in [2.45, 2.75) is 6.42 Å². The Bertz CT molecular complexity index is 988. The van der Waals surface area contributed by atoms with E-state index < -0.39 is 0 Å². The third kappa shape index (κ3) is 4.62. The van der Waals surface area contributed by atoms with Gasteiger partial charge in [-0.05, 0) is 22.8 Å². The zero-order valence-corrected chi connectivity index (χ0v) is 17.1. The lowest BCUT2D eigenvalue weighted by molar-refractivity contribution is 1.26. The van der Waals surface area contributed by atoms with Crippen LogP contribution in [0.1, 0.15) is 16.7 Å². The fourth-order valence-electron chi connectivity index (χ4n) is 2.90. The summed E-state index contributed by atoms with van der Waals surface area (Å²) in [5, 5.41) is 0. The van der Waals surface area contributed by atoms with Gasteiger partial charge < -0.3 is 0 Å². The molecule has 0 amide bonds. The predicted molar refractivity (Wildman–Crippen MR) is 125 cm³/mol. The molecular weight excluding hydrogens is 384 g/mol.